The van der Waals surface area contributed by atoms with Crippen LogP contribution in [-0.2, 0) is 5.54 Å². The third-order valence-corrected chi connectivity index (χ3v) is 5.38. The third kappa shape index (κ3) is 3.11. The number of hydrogen-bond acceptors (Lipinski definition) is 2. The van der Waals surface area contributed by atoms with Gasteiger partial charge in [0, 0.05) is 9.75 Å². The van der Waals surface area contributed by atoms with E-state index in [1.165, 1.54) is 54.7 Å². The highest BCUT2D eigenvalue weighted by atomic mass is 32.1. The van der Waals surface area contributed by atoms with E-state index in [1.54, 1.807) is 0 Å². The summed E-state index contributed by atoms with van der Waals surface area (Å²) in [7, 11) is 0. The van der Waals surface area contributed by atoms with Gasteiger partial charge in [-0.05, 0) is 44.2 Å². The predicted molar refractivity (Wildman–Crippen MR) is 76.4 cm³/mol. The molecule has 2 rings (SSSR count). The van der Waals surface area contributed by atoms with Crippen molar-refractivity contribution < 1.29 is 0 Å². The molecule has 0 radical (unpaired) electrons. The predicted octanol–water partition coefficient (Wildman–Crippen LogP) is 4.59. The molecule has 17 heavy (non-hydrogen) atoms. The molecule has 0 spiro atoms. The second kappa shape index (κ2) is 5.53. The molecule has 1 saturated carbocycles. The molecule has 1 nitrogen and oxygen atoms in total. The summed E-state index contributed by atoms with van der Waals surface area (Å²) in [5.41, 5.74) is 6.64. The van der Waals surface area contributed by atoms with Crippen LogP contribution in [0.3, 0.4) is 0 Å². The van der Waals surface area contributed by atoms with Gasteiger partial charge >= 0.3 is 0 Å². The maximum absolute atomic E-state index is 6.66. The highest BCUT2D eigenvalue weighted by Crippen LogP contribution is 2.39. The lowest BCUT2D eigenvalue weighted by Crippen LogP contribution is -2.35. The fourth-order valence-electron chi connectivity index (χ4n) is 3.08. The topological polar surface area (TPSA) is 26.0 Å². The highest BCUT2D eigenvalue weighted by molar-refractivity contribution is 7.12. The standard InChI is InChI=1S/C15H25NS/c1-3-5-13-6-4-10-15(16,11-9-13)14-8-7-12(2)17-14/h7-8,13H,3-6,9-11,16H2,1-2H3. The molecule has 0 amide bonds. The van der Waals surface area contributed by atoms with E-state index >= 15 is 0 Å². The first-order valence-corrected chi connectivity index (χ1v) is 7.81. The van der Waals surface area contributed by atoms with Gasteiger partial charge in [-0.3, -0.25) is 0 Å². The van der Waals surface area contributed by atoms with Gasteiger partial charge in [0.25, 0.3) is 0 Å². The Morgan fingerprint density at radius 3 is 2.82 bits per heavy atom. The molecule has 1 aromatic rings. The van der Waals surface area contributed by atoms with Crippen molar-refractivity contribution in [3.8, 4) is 0 Å². The fraction of sp³-hybridized carbons (Fsp3) is 0.733. The van der Waals surface area contributed by atoms with Crippen LogP contribution >= 0.6 is 11.3 Å². The second-order valence-corrected chi connectivity index (χ2v) is 6.94. The fourth-order valence-corrected chi connectivity index (χ4v) is 4.11. The quantitative estimate of drug-likeness (QED) is 0.781. The van der Waals surface area contributed by atoms with E-state index in [0.717, 1.165) is 5.92 Å². The Kier molecular flexibility index (Phi) is 4.26. The number of nitrogens with two attached hydrogens (primary N) is 1. The van der Waals surface area contributed by atoms with Gasteiger partial charge in [0.1, 0.15) is 0 Å². The third-order valence-electron chi connectivity index (χ3n) is 4.16. The van der Waals surface area contributed by atoms with Crippen molar-refractivity contribution in [3.05, 3.63) is 21.9 Å². The van der Waals surface area contributed by atoms with E-state index < -0.39 is 0 Å². The van der Waals surface area contributed by atoms with Gasteiger partial charge in [-0.2, -0.15) is 0 Å². The maximum Gasteiger partial charge on any atom is 0.0503 e. The Labute approximate surface area is 109 Å². The normalized spacial score (nSPS) is 30.2. The summed E-state index contributed by atoms with van der Waals surface area (Å²) in [6, 6.07) is 4.46. The largest absolute Gasteiger partial charge is 0.321 e. The van der Waals surface area contributed by atoms with Crippen molar-refractivity contribution >= 4 is 11.3 Å². The van der Waals surface area contributed by atoms with Gasteiger partial charge in [-0.25, -0.2) is 0 Å². The first kappa shape index (κ1) is 13.1. The van der Waals surface area contributed by atoms with Gasteiger partial charge in [-0.15, -0.1) is 11.3 Å². The van der Waals surface area contributed by atoms with Crippen LogP contribution in [0.25, 0.3) is 0 Å². The average molecular weight is 251 g/mol. The van der Waals surface area contributed by atoms with Crippen LogP contribution in [0.15, 0.2) is 12.1 Å². The summed E-state index contributed by atoms with van der Waals surface area (Å²) in [5.74, 6) is 0.923. The summed E-state index contributed by atoms with van der Waals surface area (Å²) in [5, 5.41) is 0. The van der Waals surface area contributed by atoms with Gasteiger partial charge in [0.05, 0.1) is 5.54 Å². The lowest BCUT2D eigenvalue weighted by molar-refractivity contribution is 0.373. The zero-order chi connectivity index (χ0) is 12.3. The lowest BCUT2D eigenvalue weighted by Gasteiger charge is -2.27. The number of thiophene rings is 1. The molecule has 0 aliphatic heterocycles. The Balaban J connectivity index is 2.06. The zero-order valence-electron chi connectivity index (χ0n) is 11.2. The molecule has 0 bridgehead atoms. The van der Waals surface area contributed by atoms with E-state index in [4.69, 9.17) is 5.73 Å². The Morgan fingerprint density at radius 1 is 1.35 bits per heavy atom. The Hall–Kier alpha value is -0.340. The van der Waals surface area contributed by atoms with E-state index in [-0.39, 0.29) is 5.54 Å². The smallest absolute Gasteiger partial charge is 0.0503 e. The minimum Gasteiger partial charge on any atom is -0.321 e. The summed E-state index contributed by atoms with van der Waals surface area (Å²) >= 11 is 1.89. The van der Waals surface area contributed by atoms with E-state index in [0.29, 0.717) is 0 Å². The average Bonchev–Trinajstić information content (AvgIpc) is 2.65. The van der Waals surface area contributed by atoms with Crippen LogP contribution in [0.2, 0.25) is 0 Å². The summed E-state index contributed by atoms with van der Waals surface area (Å²) in [6.07, 6.45) is 9.07. The first-order chi connectivity index (χ1) is 8.14. The molecule has 2 atom stereocenters. The summed E-state index contributed by atoms with van der Waals surface area (Å²) < 4.78 is 0. The molecule has 2 unspecified atom stereocenters. The molecule has 1 aliphatic carbocycles. The van der Waals surface area contributed by atoms with Crippen LogP contribution in [0.1, 0.15) is 61.6 Å². The van der Waals surface area contributed by atoms with Crippen LogP contribution in [0.4, 0.5) is 0 Å². The zero-order valence-corrected chi connectivity index (χ0v) is 12.0. The minimum atomic E-state index is -0.0264. The Morgan fingerprint density at radius 2 is 2.18 bits per heavy atom. The second-order valence-electron chi connectivity index (χ2n) is 5.65. The number of aryl methyl sites for hydroxylation is 1. The molecular weight excluding hydrogens is 226 g/mol. The monoisotopic (exact) mass is 251 g/mol. The van der Waals surface area contributed by atoms with Crippen LogP contribution in [0, 0.1) is 12.8 Å². The van der Waals surface area contributed by atoms with E-state index in [1.807, 2.05) is 11.3 Å². The van der Waals surface area contributed by atoms with Gasteiger partial charge in [0.15, 0.2) is 0 Å². The molecule has 1 aliphatic rings. The molecule has 1 aromatic heterocycles. The lowest BCUT2D eigenvalue weighted by atomic mass is 9.88. The molecule has 2 heteroatoms. The summed E-state index contributed by atoms with van der Waals surface area (Å²) in [6.45, 7) is 4.47. The van der Waals surface area contributed by atoms with Gasteiger partial charge < -0.3 is 5.73 Å². The van der Waals surface area contributed by atoms with Crippen LogP contribution in [-0.4, -0.2) is 0 Å². The van der Waals surface area contributed by atoms with Crippen LogP contribution < -0.4 is 5.73 Å². The minimum absolute atomic E-state index is 0.0264. The van der Waals surface area contributed by atoms with E-state index in [2.05, 4.69) is 26.0 Å². The molecule has 96 valence electrons. The first-order valence-electron chi connectivity index (χ1n) is 7.00. The highest BCUT2D eigenvalue weighted by Gasteiger charge is 2.31. The molecular formula is C15H25NS. The molecule has 0 saturated heterocycles. The van der Waals surface area contributed by atoms with Gasteiger partial charge in [-0.1, -0.05) is 32.6 Å². The van der Waals surface area contributed by atoms with Crippen molar-refractivity contribution in [1.82, 2.24) is 0 Å². The van der Waals surface area contributed by atoms with E-state index in [9.17, 15) is 0 Å². The van der Waals surface area contributed by atoms with Crippen molar-refractivity contribution in [2.45, 2.75) is 64.3 Å². The summed E-state index contributed by atoms with van der Waals surface area (Å²) in [4.78, 5) is 2.80. The molecule has 2 N–H and O–H groups in total. The maximum atomic E-state index is 6.66. The number of rotatable bonds is 3. The van der Waals surface area contributed by atoms with Gasteiger partial charge in [0.2, 0.25) is 0 Å². The van der Waals surface area contributed by atoms with Crippen molar-refractivity contribution in [1.29, 1.82) is 0 Å². The molecule has 1 fully saturated rings. The number of hydrogen-bond donors (Lipinski definition) is 1. The molecule has 0 aromatic carbocycles. The Bertz CT molecular complexity index is 358. The van der Waals surface area contributed by atoms with Crippen molar-refractivity contribution in [3.63, 3.8) is 0 Å². The molecule has 1 heterocycles. The SMILES string of the molecule is CCCC1CCCC(N)(c2ccc(C)s2)CC1. The van der Waals surface area contributed by atoms with Crippen molar-refractivity contribution in [2.24, 2.45) is 11.7 Å². The van der Waals surface area contributed by atoms with Crippen LogP contribution in [0.5, 0.6) is 0 Å². The van der Waals surface area contributed by atoms with Crippen molar-refractivity contribution in [2.75, 3.05) is 0 Å².